The number of fused-ring (bicyclic) bond motifs is 1. The molecule has 0 aromatic heterocycles. The molecule has 4 fully saturated rings. The van der Waals surface area contributed by atoms with E-state index in [0.717, 1.165) is 32.1 Å². The lowest BCUT2D eigenvalue weighted by atomic mass is 9.72. The van der Waals surface area contributed by atoms with Crippen LogP contribution in [0.1, 0.15) is 56.9 Å². The number of carbonyl (C=O) groups is 1. The van der Waals surface area contributed by atoms with Gasteiger partial charge in [-0.05, 0) is 30.5 Å². The molecule has 5 atom stereocenters. The number of aliphatic hydroxyl groups is 2. The molecule has 2 unspecified atom stereocenters. The van der Waals surface area contributed by atoms with Gasteiger partial charge in [-0.2, -0.15) is 0 Å². The smallest absolute Gasteiger partial charge is 0.413 e. The number of hydrogen-bond acceptors (Lipinski definition) is 8. The second-order valence-corrected chi connectivity index (χ2v) is 10.2. The third-order valence-electron chi connectivity index (χ3n) is 8.01. The first-order valence-electron chi connectivity index (χ1n) is 12.4. The Balaban J connectivity index is 1.45. The van der Waals surface area contributed by atoms with Crippen LogP contribution in [0.2, 0.25) is 0 Å². The maximum Gasteiger partial charge on any atom is 0.413 e. The zero-order valence-electron chi connectivity index (χ0n) is 20.4. The van der Waals surface area contributed by atoms with E-state index in [2.05, 4.69) is 6.58 Å². The van der Waals surface area contributed by atoms with Gasteiger partial charge in [0.2, 0.25) is 0 Å². The molecule has 5 rings (SSSR count). The molecule has 2 aliphatic carbocycles. The number of ether oxygens (including phenoxy) is 5. The van der Waals surface area contributed by atoms with Crippen LogP contribution in [0.25, 0.3) is 0 Å². The Morgan fingerprint density at radius 2 is 1.80 bits per heavy atom. The summed E-state index contributed by atoms with van der Waals surface area (Å²) in [5.41, 5.74) is -2.40. The normalized spacial score (nSPS) is 35.7. The zero-order valence-corrected chi connectivity index (χ0v) is 20.4. The Hall–Kier alpha value is -2.33. The number of amides is 1. The molecule has 0 bridgehead atoms. The van der Waals surface area contributed by atoms with E-state index in [0.29, 0.717) is 17.1 Å². The number of aliphatic hydroxyl groups excluding tert-OH is 1. The molecule has 35 heavy (non-hydrogen) atoms. The van der Waals surface area contributed by atoms with E-state index in [1.807, 2.05) is 0 Å². The molecular formula is C26H35NO8. The van der Waals surface area contributed by atoms with Gasteiger partial charge in [0.05, 0.1) is 33.0 Å². The lowest BCUT2D eigenvalue weighted by Crippen LogP contribution is -2.64. The van der Waals surface area contributed by atoms with Crippen molar-refractivity contribution in [1.29, 1.82) is 0 Å². The van der Waals surface area contributed by atoms with Crippen LogP contribution < -0.4 is 9.47 Å². The summed E-state index contributed by atoms with van der Waals surface area (Å²) < 4.78 is 29.3. The summed E-state index contributed by atoms with van der Waals surface area (Å²) in [4.78, 5) is 14.5. The van der Waals surface area contributed by atoms with Crippen LogP contribution in [-0.2, 0) is 20.8 Å². The van der Waals surface area contributed by atoms with Crippen LogP contribution in [0.3, 0.4) is 0 Å². The molecule has 0 radical (unpaired) electrons. The van der Waals surface area contributed by atoms with E-state index in [1.54, 1.807) is 38.5 Å². The van der Waals surface area contributed by atoms with Crippen LogP contribution in [0.15, 0.2) is 30.9 Å². The average Bonchev–Trinajstić information content (AvgIpc) is 3.27. The van der Waals surface area contributed by atoms with Gasteiger partial charge in [-0.15, -0.1) is 6.58 Å². The predicted octanol–water partition coefficient (Wildman–Crippen LogP) is 3.26. The van der Waals surface area contributed by atoms with Crippen molar-refractivity contribution in [2.75, 3.05) is 14.2 Å². The highest BCUT2D eigenvalue weighted by atomic mass is 16.8. The molecule has 2 aliphatic heterocycles. The van der Waals surface area contributed by atoms with Crippen molar-refractivity contribution in [2.24, 2.45) is 0 Å². The highest BCUT2D eigenvalue weighted by Gasteiger charge is 2.69. The molecule has 1 aromatic rings. The topological polar surface area (TPSA) is 107 Å². The van der Waals surface area contributed by atoms with Gasteiger partial charge in [0.25, 0.3) is 0 Å². The second-order valence-electron chi connectivity index (χ2n) is 10.2. The van der Waals surface area contributed by atoms with E-state index in [-0.39, 0.29) is 25.8 Å². The second kappa shape index (κ2) is 8.96. The molecule has 192 valence electrons. The number of methoxy groups -OCH3 is 2. The molecule has 1 aromatic carbocycles. The SMILES string of the molecule is C=CCC1(O)N(Cc2cc(OC)cc(OC)c2)C(=O)O[C@@]12CC(O)[C@@H]1OC3(CCCCC3)O[C@@H]1C2. The summed E-state index contributed by atoms with van der Waals surface area (Å²) in [5, 5.41) is 23.2. The first-order valence-corrected chi connectivity index (χ1v) is 12.4. The van der Waals surface area contributed by atoms with Crippen molar-refractivity contribution in [3.8, 4) is 11.5 Å². The zero-order chi connectivity index (χ0) is 24.8. The Kier molecular flexibility index (Phi) is 6.24. The maximum absolute atomic E-state index is 13.2. The fourth-order valence-electron chi connectivity index (χ4n) is 6.31. The summed E-state index contributed by atoms with van der Waals surface area (Å²) in [6, 6.07) is 5.29. The van der Waals surface area contributed by atoms with E-state index < -0.39 is 41.5 Å². The number of benzene rings is 1. The number of rotatable bonds is 6. The summed E-state index contributed by atoms with van der Waals surface area (Å²) in [6.45, 7) is 3.87. The summed E-state index contributed by atoms with van der Waals surface area (Å²) >= 11 is 0. The minimum absolute atomic E-state index is 0.0433. The molecule has 2 saturated heterocycles. The Morgan fingerprint density at radius 1 is 1.11 bits per heavy atom. The highest BCUT2D eigenvalue weighted by Crippen LogP contribution is 2.54. The third-order valence-corrected chi connectivity index (χ3v) is 8.01. The molecule has 9 nitrogen and oxygen atoms in total. The quantitative estimate of drug-likeness (QED) is 0.587. The minimum atomic E-state index is -1.74. The van der Waals surface area contributed by atoms with E-state index in [1.165, 1.54) is 4.90 Å². The highest BCUT2D eigenvalue weighted by molar-refractivity contribution is 5.73. The molecule has 4 aliphatic rings. The number of carbonyl (C=O) groups excluding carboxylic acids is 1. The van der Waals surface area contributed by atoms with Crippen LogP contribution in [0.5, 0.6) is 11.5 Å². The van der Waals surface area contributed by atoms with E-state index >= 15 is 0 Å². The molecule has 2 heterocycles. The van der Waals surface area contributed by atoms with Crippen molar-refractivity contribution in [3.05, 3.63) is 36.4 Å². The van der Waals surface area contributed by atoms with Gasteiger partial charge < -0.3 is 33.9 Å². The van der Waals surface area contributed by atoms with Crippen molar-refractivity contribution in [3.63, 3.8) is 0 Å². The maximum atomic E-state index is 13.2. The van der Waals surface area contributed by atoms with Crippen molar-refractivity contribution in [1.82, 2.24) is 4.90 Å². The van der Waals surface area contributed by atoms with Crippen LogP contribution in [0, 0.1) is 0 Å². The van der Waals surface area contributed by atoms with Crippen molar-refractivity contribution in [2.45, 2.75) is 93.3 Å². The standard InChI is InChI=1S/C26H35NO8/c1-4-8-26(30)24(14-20(28)22-21(15-24)33-25(34-22)9-6-5-7-10-25)35-23(29)27(26)16-17-11-18(31-2)13-19(12-17)32-3/h4,11-13,20-22,28,30H,1,5-10,14-16H2,2-3H3/t20?,21-,22+,24-,26?/m1/s1. The van der Waals surface area contributed by atoms with Crippen LogP contribution in [0.4, 0.5) is 4.79 Å². The third kappa shape index (κ3) is 3.98. The van der Waals surface area contributed by atoms with Gasteiger partial charge in [-0.3, -0.25) is 4.90 Å². The number of nitrogens with zero attached hydrogens (tertiary/aromatic N) is 1. The van der Waals surface area contributed by atoms with Gasteiger partial charge >= 0.3 is 6.09 Å². The number of hydrogen-bond donors (Lipinski definition) is 2. The molecule has 9 heteroatoms. The average molecular weight is 490 g/mol. The largest absolute Gasteiger partial charge is 0.497 e. The Bertz CT molecular complexity index is 956. The van der Waals surface area contributed by atoms with E-state index in [9.17, 15) is 15.0 Å². The molecule has 2 saturated carbocycles. The van der Waals surface area contributed by atoms with Gasteiger partial charge in [-0.25, -0.2) is 4.79 Å². The Morgan fingerprint density at radius 3 is 2.43 bits per heavy atom. The molecule has 2 spiro atoms. The first kappa shape index (κ1) is 24.4. The molecule has 1 amide bonds. The lowest BCUT2D eigenvalue weighted by Gasteiger charge is -2.47. The van der Waals surface area contributed by atoms with E-state index in [4.69, 9.17) is 23.7 Å². The molecule has 2 N–H and O–H groups in total. The van der Waals surface area contributed by atoms with Crippen LogP contribution in [-0.4, -0.2) is 70.9 Å². The van der Waals surface area contributed by atoms with Crippen molar-refractivity contribution >= 4 is 6.09 Å². The Labute approximate surface area is 205 Å². The fraction of sp³-hybridized carbons (Fsp3) is 0.654. The minimum Gasteiger partial charge on any atom is -0.497 e. The van der Waals surface area contributed by atoms with Gasteiger partial charge in [-0.1, -0.05) is 12.5 Å². The molecular weight excluding hydrogens is 454 g/mol. The predicted molar refractivity (Wildman–Crippen MR) is 125 cm³/mol. The lowest BCUT2D eigenvalue weighted by molar-refractivity contribution is -0.205. The summed E-state index contributed by atoms with van der Waals surface area (Å²) in [6.07, 6.45) is 4.00. The van der Waals surface area contributed by atoms with Gasteiger partial charge in [0, 0.05) is 38.2 Å². The van der Waals surface area contributed by atoms with Gasteiger partial charge in [0.1, 0.15) is 17.6 Å². The summed E-state index contributed by atoms with van der Waals surface area (Å²) in [7, 11) is 3.10. The first-order chi connectivity index (χ1) is 16.8. The summed E-state index contributed by atoms with van der Waals surface area (Å²) in [5.74, 6) is 0.439. The van der Waals surface area contributed by atoms with Crippen molar-refractivity contribution < 1.29 is 38.7 Å². The monoisotopic (exact) mass is 489 g/mol. The fourth-order valence-corrected chi connectivity index (χ4v) is 6.31. The van der Waals surface area contributed by atoms with Crippen LogP contribution >= 0.6 is 0 Å². The van der Waals surface area contributed by atoms with Gasteiger partial charge in [0.15, 0.2) is 17.1 Å².